The predicted octanol–water partition coefficient (Wildman–Crippen LogP) is 0.770. The summed E-state index contributed by atoms with van der Waals surface area (Å²) in [6.07, 6.45) is 1.30. The monoisotopic (exact) mass is 200 g/mol. The molecule has 14 heavy (non-hydrogen) atoms. The van der Waals surface area contributed by atoms with Gasteiger partial charge in [-0.3, -0.25) is 9.59 Å². The molecule has 1 fully saturated rings. The molecule has 4 heteroatoms. The maximum atomic E-state index is 11.2. The minimum atomic E-state index is -0.0580. The largest absolute Gasteiger partial charge is 0.353 e. The third kappa shape index (κ3) is 4.25. The molecule has 1 aliphatic rings. The Balaban J connectivity index is 0.000000791. The van der Waals surface area contributed by atoms with Crippen LogP contribution in [0, 0.1) is 0 Å². The van der Waals surface area contributed by atoms with Gasteiger partial charge in [0.05, 0.1) is 0 Å². The Hall–Kier alpha value is -1.06. The normalized spacial score (nSPS) is 21.0. The minimum Gasteiger partial charge on any atom is -0.353 e. The fourth-order valence-corrected chi connectivity index (χ4v) is 1.35. The summed E-state index contributed by atoms with van der Waals surface area (Å²) in [5, 5.41) is 2.75. The van der Waals surface area contributed by atoms with E-state index in [0.29, 0.717) is 6.42 Å². The van der Waals surface area contributed by atoms with Crippen LogP contribution in [0.5, 0.6) is 0 Å². The molecular formula is C10H20N2O2. The number of hydrogen-bond donors (Lipinski definition) is 1. The summed E-state index contributed by atoms with van der Waals surface area (Å²) in [6.45, 7) is 6.21. The highest BCUT2D eigenvalue weighted by molar-refractivity contribution is 5.79. The third-order valence-electron chi connectivity index (χ3n) is 2.07. The van der Waals surface area contributed by atoms with Gasteiger partial charge in [0.1, 0.15) is 0 Å². The highest BCUT2D eigenvalue weighted by atomic mass is 16.2. The fraction of sp³-hybridized carbons (Fsp3) is 0.800. The molecule has 1 unspecified atom stereocenters. The van der Waals surface area contributed by atoms with Gasteiger partial charge < -0.3 is 10.2 Å². The van der Waals surface area contributed by atoms with Gasteiger partial charge in [-0.15, -0.1) is 0 Å². The van der Waals surface area contributed by atoms with Gasteiger partial charge in [0, 0.05) is 33.0 Å². The first-order chi connectivity index (χ1) is 6.59. The van der Waals surface area contributed by atoms with E-state index in [1.165, 1.54) is 6.92 Å². The number of nitrogens with zero attached hydrogens (tertiary/aromatic N) is 1. The van der Waals surface area contributed by atoms with Crippen molar-refractivity contribution in [2.45, 2.75) is 39.7 Å². The van der Waals surface area contributed by atoms with Gasteiger partial charge in [0.25, 0.3) is 0 Å². The van der Waals surface area contributed by atoms with E-state index in [2.05, 4.69) is 5.32 Å². The van der Waals surface area contributed by atoms with Crippen molar-refractivity contribution in [2.24, 2.45) is 0 Å². The van der Waals surface area contributed by atoms with Crippen LogP contribution < -0.4 is 5.32 Å². The van der Waals surface area contributed by atoms with Crippen LogP contribution in [0.15, 0.2) is 0 Å². The van der Waals surface area contributed by atoms with E-state index in [1.54, 1.807) is 11.9 Å². The third-order valence-corrected chi connectivity index (χ3v) is 2.07. The average Bonchev–Trinajstić information content (AvgIpc) is 2.14. The van der Waals surface area contributed by atoms with Crippen molar-refractivity contribution in [1.82, 2.24) is 10.2 Å². The molecular weight excluding hydrogens is 180 g/mol. The molecule has 0 radical (unpaired) electrons. The average molecular weight is 200 g/mol. The molecule has 4 nitrogen and oxygen atoms in total. The van der Waals surface area contributed by atoms with Gasteiger partial charge in [-0.05, 0) is 6.42 Å². The Labute approximate surface area is 85.7 Å². The molecule has 1 rings (SSSR count). The molecule has 82 valence electrons. The van der Waals surface area contributed by atoms with Gasteiger partial charge in [0.15, 0.2) is 0 Å². The summed E-state index contributed by atoms with van der Waals surface area (Å²) >= 11 is 0. The number of likely N-dealkylation sites (tertiary alicyclic amines) is 1. The van der Waals surface area contributed by atoms with Crippen LogP contribution >= 0.6 is 0 Å². The van der Waals surface area contributed by atoms with Crippen LogP contribution in [0.1, 0.15) is 33.6 Å². The maximum Gasteiger partial charge on any atom is 0.224 e. The Morgan fingerprint density at radius 1 is 1.50 bits per heavy atom. The van der Waals surface area contributed by atoms with Crippen molar-refractivity contribution in [3.05, 3.63) is 0 Å². The SMILES string of the molecule is CC.CC(=O)NC1CCN(C)C(=O)C1. The first-order valence-electron chi connectivity index (χ1n) is 5.10. The molecule has 1 saturated heterocycles. The van der Waals surface area contributed by atoms with E-state index in [0.717, 1.165) is 13.0 Å². The standard InChI is InChI=1S/C8H14N2O2.C2H6/c1-6(11)9-7-3-4-10(2)8(12)5-7;1-2/h7H,3-5H2,1-2H3,(H,9,11);1-2H3. The Kier molecular flexibility index (Phi) is 5.92. The van der Waals surface area contributed by atoms with Gasteiger partial charge in [-0.2, -0.15) is 0 Å². The summed E-state index contributed by atoms with van der Waals surface area (Å²) in [5.41, 5.74) is 0. The first kappa shape index (κ1) is 12.9. The van der Waals surface area contributed by atoms with Crippen LogP contribution in [-0.4, -0.2) is 36.3 Å². The van der Waals surface area contributed by atoms with Crippen LogP contribution in [0.25, 0.3) is 0 Å². The van der Waals surface area contributed by atoms with Crippen LogP contribution in [0.2, 0.25) is 0 Å². The van der Waals surface area contributed by atoms with E-state index >= 15 is 0 Å². The molecule has 1 atom stereocenters. The molecule has 0 aromatic rings. The Morgan fingerprint density at radius 2 is 2.07 bits per heavy atom. The molecule has 0 aromatic carbocycles. The lowest BCUT2D eigenvalue weighted by molar-refractivity contribution is -0.133. The second-order valence-electron chi connectivity index (χ2n) is 3.21. The smallest absolute Gasteiger partial charge is 0.224 e. The lowest BCUT2D eigenvalue weighted by atomic mass is 10.1. The Bertz CT molecular complexity index is 204. The summed E-state index contributed by atoms with van der Waals surface area (Å²) in [5.74, 6) is 0.0531. The zero-order valence-electron chi connectivity index (χ0n) is 9.46. The number of carbonyl (C=O) groups excluding carboxylic acids is 2. The van der Waals surface area contributed by atoms with Gasteiger partial charge in [0.2, 0.25) is 11.8 Å². The number of hydrogen-bond acceptors (Lipinski definition) is 2. The first-order valence-corrected chi connectivity index (χ1v) is 5.10. The molecule has 1 heterocycles. The summed E-state index contributed by atoms with van der Waals surface area (Å²) in [4.78, 5) is 23.5. The number of nitrogens with one attached hydrogen (secondary N) is 1. The highest BCUT2D eigenvalue weighted by Crippen LogP contribution is 2.09. The fourth-order valence-electron chi connectivity index (χ4n) is 1.35. The van der Waals surface area contributed by atoms with Crippen molar-refractivity contribution in [3.63, 3.8) is 0 Å². The molecule has 2 amide bonds. The zero-order chi connectivity index (χ0) is 11.1. The van der Waals surface area contributed by atoms with Gasteiger partial charge >= 0.3 is 0 Å². The maximum absolute atomic E-state index is 11.2. The summed E-state index contributed by atoms with van der Waals surface area (Å²) in [7, 11) is 1.78. The number of carbonyl (C=O) groups is 2. The second kappa shape index (κ2) is 6.40. The van der Waals surface area contributed by atoms with Gasteiger partial charge in [-0.1, -0.05) is 13.8 Å². The molecule has 0 aromatic heterocycles. The van der Waals surface area contributed by atoms with Crippen molar-refractivity contribution in [1.29, 1.82) is 0 Å². The van der Waals surface area contributed by atoms with Crippen LogP contribution in [0.4, 0.5) is 0 Å². The van der Waals surface area contributed by atoms with E-state index in [4.69, 9.17) is 0 Å². The second-order valence-corrected chi connectivity index (χ2v) is 3.21. The topological polar surface area (TPSA) is 49.4 Å². The lowest BCUT2D eigenvalue weighted by Gasteiger charge is -2.28. The molecule has 1 N–H and O–H groups in total. The number of rotatable bonds is 1. The van der Waals surface area contributed by atoms with Crippen LogP contribution in [0.3, 0.4) is 0 Å². The van der Waals surface area contributed by atoms with Crippen molar-refractivity contribution < 1.29 is 9.59 Å². The number of piperidine rings is 1. The van der Waals surface area contributed by atoms with Crippen molar-refractivity contribution in [2.75, 3.05) is 13.6 Å². The number of amides is 2. The van der Waals surface area contributed by atoms with Crippen molar-refractivity contribution >= 4 is 11.8 Å². The highest BCUT2D eigenvalue weighted by Gasteiger charge is 2.23. The molecule has 0 aliphatic carbocycles. The van der Waals surface area contributed by atoms with E-state index < -0.39 is 0 Å². The van der Waals surface area contributed by atoms with E-state index in [9.17, 15) is 9.59 Å². The quantitative estimate of drug-likeness (QED) is 0.679. The summed E-state index contributed by atoms with van der Waals surface area (Å²) < 4.78 is 0. The van der Waals surface area contributed by atoms with Gasteiger partial charge in [-0.25, -0.2) is 0 Å². The lowest BCUT2D eigenvalue weighted by Crippen LogP contribution is -2.45. The van der Waals surface area contributed by atoms with Crippen molar-refractivity contribution in [3.8, 4) is 0 Å². The molecule has 0 spiro atoms. The molecule has 0 bridgehead atoms. The van der Waals surface area contributed by atoms with E-state index in [1.807, 2.05) is 13.8 Å². The summed E-state index contributed by atoms with van der Waals surface area (Å²) in [6, 6.07) is 0.0474. The predicted molar refractivity (Wildman–Crippen MR) is 55.8 cm³/mol. The Morgan fingerprint density at radius 3 is 2.50 bits per heavy atom. The van der Waals surface area contributed by atoms with E-state index in [-0.39, 0.29) is 17.9 Å². The van der Waals surface area contributed by atoms with Crippen LogP contribution in [-0.2, 0) is 9.59 Å². The zero-order valence-corrected chi connectivity index (χ0v) is 9.46. The molecule has 0 saturated carbocycles. The molecule has 1 aliphatic heterocycles. The minimum absolute atomic E-state index is 0.0474.